The Balaban J connectivity index is 2.14. The van der Waals surface area contributed by atoms with Crippen LogP contribution in [0.4, 0.5) is 15.8 Å². The van der Waals surface area contributed by atoms with Gasteiger partial charge in [0.15, 0.2) is 0 Å². The molecule has 0 amide bonds. The molecule has 3 N–H and O–H groups in total. The molecule has 0 heterocycles. The predicted octanol–water partition coefficient (Wildman–Crippen LogP) is 4.44. The lowest BCUT2D eigenvalue weighted by atomic mass is 9.96. The van der Waals surface area contributed by atoms with E-state index < -0.39 is 5.82 Å². The highest BCUT2D eigenvalue weighted by atomic mass is 35.5. The van der Waals surface area contributed by atoms with Crippen LogP contribution in [0.25, 0.3) is 0 Å². The molecule has 2 rings (SSSR count). The van der Waals surface area contributed by atoms with Crippen LogP contribution in [-0.4, -0.2) is 6.04 Å². The summed E-state index contributed by atoms with van der Waals surface area (Å²) in [6.07, 6.45) is 6.12. The molecule has 0 aliphatic heterocycles. The van der Waals surface area contributed by atoms with E-state index in [1.54, 1.807) is 0 Å². The quantitative estimate of drug-likeness (QED) is 0.616. The van der Waals surface area contributed by atoms with Gasteiger partial charge in [0.25, 0.3) is 0 Å². The van der Waals surface area contributed by atoms with Crippen LogP contribution in [0.5, 0.6) is 0 Å². The van der Waals surface area contributed by atoms with Crippen molar-refractivity contribution in [3.8, 4) is 0 Å². The van der Waals surface area contributed by atoms with E-state index in [1.165, 1.54) is 37.8 Å². The zero-order chi connectivity index (χ0) is 13.1. The summed E-state index contributed by atoms with van der Waals surface area (Å²) in [7, 11) is 0. The second-order valence-electron chi connectivity index (χ2n) is 5.22. The third-order valence-electron chi connectivity index (χ3n) is 3.79. The minimum atomic E-state index is -0.422. The van der Waals surface area contributed by atoms with E-state index >= 15 is 0 Å². The van der Waals surface area contributed by atoms with Crippen molar-refractivity contribution in [1.82, 2.24) is 0 Å². The number of benzene rings is 1. The molecule has 1 aliphatic carbocycles. The zero-order valence-corrected chi connectivity index (χ0v) is 11.4. The maximum absolute atomic E-state index is 13.5. The normalized spacial score (nSPS) is 24.6. The first-order valence-corrected chi connectivity index (χ1v) is 6.97. The Morgan fingerprint density at radius 2 is 2.00 bits per heavy atom. The molecule has 2 nitrogen and oxygen atoms in total. The summed E-state index contributed by atoms with van der Waals surface area (Å²) in [6, 6.07) is 3.24. The lowest BCUT2D eigenvalue weighted by Crippen LogP contribution is -2.26. The van der Waals surface area contributed by atoms with Crippen LogP contribution in [0.1, 0.15) is 39.0 Å². The summed E-state index contributed by atoms with van der Waals surface area (Å²) in [5.41, 5.74) is 7.05. The first kappa shape index (κ1) is 13.5. The van der Waals surface area contributed by atoms with Crippen molar-refractivity contribution >= 4 is 23.0 Å². The number of rotatable bonds is 2. The van der Waals surface area contributed by atoms with E-state index in [2.05, 4.69) is 12.2 Å². The fourth-order valence-electron chi connectivity index (χ4n) is 2.59. The summed E-state index contributed by atoms with van der Waals surface area (Å²) in [5, 5.41) is 3.46. The van der Waals surface area contributed by atoms with Gasteiger partial charge in [-0.3, -0.25) is 0 Å². The molecule has 1 aromatic carbocycles. The highest BCUT2D eigenvalue weighted by Gasteiger charge is 2.20. The average molecular weight is 271 g/mol. The molecule has 18 heavy (non-hydrogen) atoms. The van der Waals surface area contributed by atoms with E-state index in [0.29, 0.717) is 23.3 Å². The SMILES string of the molecule is CC1CCCCCC1Nc1cc(F)c(Cl)cc1N. The Bertz CT molecular complexity index is 423. The molecule has 0 spiro atoms. The van der Waals surface area contributed by atoms with E-state index in [1.807, 2.05) is 0 Å². The van der Waals surface area contributed by atoms with Gasteiger partial charge in [-0.1, -0.05) is 37.8 Å². The van der Waals surface area contributed by atoms with Gasteiger partial charge in [-0.05, 0) is 24.8 Å². The summed E-state index contributed by atoms with van der Waals surface area (Å²) in [5.74, 6) is 0.167. The molecule has 0 aromatic heterocycles. The molecule has 100 valence electrons. The molecule has 1 aromatic rings. The van der Waals surface area contributed by atoms with Crippen molar-refractivity contribution in [3.05, 3.63) is 23.0 Å². The van der Waals surface area contributed by atoms with Gasteiger partial charge < -0.3 is 11.1 Å². The van der Waals surface area contributed by atoms with Crippen molar-refractivity contribution in [2.45, 2.75) is 45.1 Å². The topological polar surface area (TPSA) is 38.0 Å². The van der Waals surface area contributed by atoms with Crippen molar-refractivity contribution in [2.24, 2.45) is 5.92 Å². The number of halogens is 2. The second-order valence-corrected chi connectivity index (χ2v) is 5.63. The molecule has 0 radical (unpaired) electrons. The van der Waals surface area contributed by atoms with Crippen molar-refractivity contribution in [3.63, 3.8) is 0 Å². The standard InChI is InChI=1S/C14H20ClFN2/c1-9-5-3-2-4-6-13(9)18-14-8-11(16)10(15)7-12(14)17/h7-9,13,18H,2-6,17H2,1H3. The van der Waals surface area contributed by atoms with Crippen LogP contribution in [0.3, 0.4) is 0 Å². The van der Waals surface area contributed by atoms with Gasteiger partial charge in [-0.2, -0.15) is 0 Å². The summed E-state index contributed by atoms with van der Waals surface area (Å²) < 4.78 is 13.5. The predicted molar refractivity (Wildman–Crippen MR) is 75.5 cm³/mol. The number of nitrogen functional groups attached to an aromatic ring is 1. The Morgan fingerprint density at radius 3 is 2.78 bits per heavy atom. The molecule has 1 aliphatic rings. The van der Waals surface area contributed by atoms with Crippen molar-refractivity contribution in [1.29, 1.82) is 0 Å². The second kappa shape index (κ2) is 5.79. The fraction of sp³-hybridized carbons (Fsp3) is 0.571. The molecule has 2 atom stereocenters. The molecule has 0 saturated heterocycles. The van der Waals surface area contributed by atoms with Gasteiger partial charge in [0.1, 0.15) is 5.82 Å². The molecular formula is C14H20ClFN2. The van der Waals surface area contributed by atoms with E-state index in [4.69, 9.17) is 17.3 Å². The van der Waals surface area contributed by atoms with Crippen LogP contribution in [-0.2, 0) is 0 Å². The van der Waals surface area contributed by atoms with Gasteiger partial charge >= 0.3 is 0 Å². The van der Waals surface area contributed by atoms with Gasteiger partial charge in [0.2, 0.25) is 0 Å². The highest BCUT2D eigenvalue weighted by Crippen LogP contribution is 2.30. The number of anilines is 2. The average Bonchev–Trinajstić information content (AvgIpc) is 2.52. The summed E-state index contributed by atoms with van der Waals surface area (Å²) in [6.45, 7) is 2.24. The van der Waals surface area contributed by atoms with Gasteiger partial charge in [-0.15, -0.1) is 0 Å². The Kier molecular flexibility index (Phi) is 4.33. The first-order chi connectivity index (χ1) is 8.58. The maximum atomic E-state index is 13.5. The summed E-state index contributed by atoms with van der Waals surface area (Å²) >= 11 is 5.70. The Hall–Kier alpha value is -0.960. The van der Waals surface area contributed by atoms with Gasteiger partial charge in [0, 0.05) is 12.1 Å². The first-order valence-electron chi connectivity index (χ1n) is 6.59. The molecular weight excluding hydrogens is 251 g/mol. The van der Waals surface area contributed by atoms with Crippen molar-refractivity contribution in [2.75, 3.05) is 11.1 Å². The smallest absolute Gasteiger partial charge is 0.143 e. The lowest BCUT2D eigenvalue weighted by Gasteiger charge is -2.25. The lowest BCUT2D eigenvalue weighted by molar-refractivity contribution is 0.456. The van der Waals surface area contributed by atoms with Crippen LogP contribution in [0, 0.1) is 11.7 Å². The maximum Gasteiger partial charge on any atom is 0.143 e. The minimum Gasteiger partial charge on any atom is -0.397 e. The number of nitrogens with one attached hydrogen (secondary N) is 1. The number of hydrogen-bond donors (Lipinski definition) is 2. The van der Waals surface area contributed by atoms with Crippen LogP contribution < -0.4 is 11.1 Å². The van der Waals surface area contributed by atoms with E-state index in [0.717, 1.165) is 6.42 Å². The third-order valence-corrected chi connectivity index (χ3v) is 4.08. The highest BCUT2D eigenvalue weighted by molar-refractivity contribution is 6.31. The third kappa shape index (κ3) is 3.08. The van der Waals surface area contributed by atoms with Gasteiger partial charge in [0.05, 0.1) is 16.4 Å². The van der Waals surface area contributed by atoms with Crippen LogP contribution in [0.15, 0.2) is 12.1 Å². The Labute approximate surface area is 113 Å². The Morgan fingerprint density at radius 1 is 1.28 bits per heavy atom. The molecule has 0 bridgehead atoms. The largest absolute Gasteiger partial charge is 0.397 e. The molecule has 4 heteroatoms. The van der Waals surface area contributed by atoms with Crippen molar-refractivity contribution < 1.29 is 4.39 Å². The zero-order valence-electron chi connectivity index (χ0n) is 10.7. The summed E-state index contributed by atoms with van der Waals surface area (Å²) in [4.78, 5) is 0. The van der Waals surface area contributed by atoms with E-state index in [-0.39, 0.29) is 5.02 Å². The molecule has 2 unspecified atom stereocenters. The molecule has 1 saturated carbocycles. The molecule has 1 fully saturated rings. The van der Waals surface area contributed by atoms with Crippen LogP contribution in [0.2, 0.25) is 5.02 Å². The van der Waals surface area contributed by atoms with Crippen LogP contribution >= 0.6 is 11.6 Å². The monoisotopic (exact) mass is 270 g/mol. The number of nitrogens with two attached hydrogens (primary N) is 1. The number of hydrogen-bond acceptors (Lipinski definition) is 2. The van der Waals surface area contributed by atoms with Gasteiger partial charge in [-0.25, -0.2) is 4.39 Å². The minimum absolute atomic E-state index is 0.0759. The van der Waals surface area contributed by atoms with E-state index in [9.17, 15) is 4.39 Å². The fourth-order valence-corrected chi connectivity index (χ4v) is 2.77.